The van der Waals surface area contributed by atoms with Crippen molar-refractivity contribution in [1.82, 2.24) is 10.2 Å². The van der Waals surface area contributed by atoms with Gasteiger partial charge in [-0.2, -0.15) is 0 Å². The quantitative estimate of drug-likeness (QED) is 0.815. The minimum Gasteiger partial charge on any atom is -0.315 e. The molecule has 4 nitrogen and oxygen atoms in total. The summed E-state index contributed by atoms with van der Waals surface area (Å²) < 4.78 is 23.6. The molecular weight excluding hydrogens is 284 g/mol. The third-order valence-corrected chi connectivity index (χ3v) is 5.70. The smallest absolute Gasteiger partial charge is 0.151 e. The summed E-state index contributed by atoms with van der Waals surface area (Å²) in [7, 11) is -2.86. The normalized spacial score (nSPS) is 20.8. The zero-order valence-electron chi connectivity index (χ0n) is 12.8. The van der Waals surface area contributed by atoms with E-state index in [0.717, 1.165) is 32.5 Å². The maximum atomic E-state index is 11.8. The van der Waals surface area contributed by atoms with E-state index < -0.39 is 9.84 Å². The Morgan fingerprint density at radius 3 is 2.67 bits per heavy atom. The van der Waals surface area contributed by atoms with Crippen LogP contribution < -0.4 is 5.32 Å². The summed E-state index contributed by atoms with van der Waals surface area (Å²) in [5, 5.41) is 3.48. The Labute approximate surface area is 128 Å². The zero-order chi connectivity index (χ0) is 15.1. The van der Waals surface area contributed by atoms with Crippen molar-refractivity contribution in [2.75, 3.05) is 37.7 Å². The van der Waals surface area contributed by atoms with Gasteiger partial charge in [0.2, 0.25) is 0 Å². The van der Waals surface area contributed by atoms with Crippen molar-refractivity contribution in [2.45, 2.75) is 25.8 Å². The van der Waals surface area contributed by atoms with E-state index in [1.165, 1.54) is 5.56 Å². The fourth-order valence-corrected chi connectivity index (χ4v) is 4.10. The molecule has 1 saturated heterocycles. The van der Waals surface area contributed by atoms with E-state index in [-0.39, 0.29) is 11.8 Å². The van der Waals surface area contributed by atoms with Gasteiger partial charge in [0.05, 0.1) is 11.5 Å². The predicted octanol–water partition coefficient (Wildman–Crippen LogP) is 1.85. The van der Waals surface area contributed by atoms with Crippen LogP contribution in [0.25, 0.3) is 0 Å². The van der Waals surface area contributed by atoms with Crippen LogP contribution in [-0.2, 0) is 9.84 Å². The molecule has 118 valence electrons. The second kappa shape index (κ2) is 7.92. The molecule has 0 saturated carbocycles. The highest BCUT2D eigenvalue weighted by Gasteiger charge is 2.25. The predicted molar refractivity (Wildman–Crippen MR) is 87.2 cm³/mol. The van der Waals surface area contributed by atoms with Crippen LogP contribution in [0.5, 0.6) is 0 Å². The van der Waals surface area contributed by atoms with Gasteiger partial charge in [0.15, 0.2) is 9.84 Å². The van der Waals surface area contributed by atoms with Crippen LogP contribution in [0.2, 0.25) is 0 Å². The lowest BCUT2D eigenvalue weighted by Gasteiger charge is -2.31. The summed E-state index contributed by atoms with van der Waals surface area (Å²) in [5.74, 6) is 0.609. The molecule has 0 aliphatic carbocycles. The highest BCUT2D eigenvalue weighted by molar-refractivity contribution is 7.91. The van der Waals surface area contributed by atoms with Crippen LogP contribution in [0, 0.1) is 0 Å². The monoisotopic (exact) mass is 310 g/mol. The molecule has 21 heavy (non-hydrogen) atoms. The largest absolute Gasteiger partial charge is 0.315 e. The first kappa shape index (κ1) is 16.5. The molecule has 2 rings (SSSR count). The van der Waals surface area contributed by atoms with Crippen LogP contribution in [0.15, 0.2) is 30.3 Å². The first-order valence-corrected chi connectivity index (χ1v) is 9.64. The first-order chi connectivity index (χ1) is 10.1. The molecule has 0 radical (unpaired) electrons. The van der Waals surface area contributed by atoms with Crippen molar-refractivity contribution >= 4 is 9.84 Å². The Kier molecular flexibility index (Phi) is 6.21. The number of nitrogens with one attached hydrogen (secondary N) is 1. The molecule has 1 fully saturated rings. The fourth-order valence-electron chi connectivity index (χ4n) is 2.82. The van der Waals surface area contributed by atoms with Gasteiger partial charge >= 0.3 is 0 Å². The zero-order valence-corrected chi connectivity index (χ0v) is 13.6. The van der Waals surface area contributed by atoms with Crippen LogP contribution in [-0.4, -0.2) is 51.0 Å². The summed E-state index contributed by atoms with van der Waals surface area (Å²) in [6, 6.07) is 10.7. The number of benzene rings is 1. The molecule has 0 amide bonds. The third kappa shape index (κ3) is 5.09. The lowest BCUT2D eigenvalue weighted by atomic mass is 10.0. The summed E-state index contributed by atoms with van der Waals surface area (Å²) in [5.41, 5.74) is 1.26. The first-order valence-electron chi connectivity index (χ1n) is 7.82. The van der Waals surface area contributed by atoms with E-state index in [0.29, 0.717) is 12.3 Å². The van der Waals surface area contributed by atoms with Crippen molar-refractivity contribution in [1.29, 1.82) is 0 Å². The number of nitrogens with zero attached hydrogens (tertiary/aromatic N) is 1. The summed E-state index contributed by atoms with van der Waals surface area (Å²) >= 11 is 0. The Balaban J connectivity index is 2.11. The highest BCUT2D eigenvalue weighted by Crippen LogP contribution is 2.22. The van der Waals surface area contributed by atoms with Crippen molar-refractivity contribution in [2.24, 2.45) is 0 Å². The van der Waals surface area contributed by atoms with Crippen LogP contribution in [0.4, 0.5) is 0 Å². The maximum Gasteiger partial charge on any atom is 0.151 e. The molecule has 1 aromatic carbocycles. The lowest BCUT2D eigenvalue weighted by molar-refractivity contribution is 0.208. The molecule has 0 spiro atoms. The van der Waals surface area contributed by atoms with E-state index in [1.807, 2.05) is 6.07 Å². The average molecular weight is 310 g/mol. The molecule has 1 atom stereocenters. The van der Waals surface area contributed by atoms with Gasteiger partial charge in [-0.15, -0.1) is 0 Å². The minimum absolute atomic E-state index is 0.256. The molecule has 5 heteroatoms. The Bertz CT molecular complexity index is 516. The summed E-state index contributed by atoms with van der Waals surface area (Å²) in [6.07, 6.45) is 1.84. The maximum absolute atomic E-state index is 11.8. The Morgan fingerprint density at radius 1 is 1.19 bits per heavy atom. The molecule has 0 aromatic heterocycles. The highest BCUT2D eigenvalue weighted by atomic mass is 32.2. The van der Waals surface area contributed by atoms with Crippen LogP contribution in [0.3, 0.4) is 0 Å². The van der Waals surface area contributed by atoms with Gasteiger partial charge in [0.1, 0.15) is 0 Å². The lowest BCUT2D eigenvalue weighted by Crippen LogP contribution is -2.38. The summed E-state index contributed by atoms with van der Waals surface area (Å²) in [4.78, 5) is 2.32. The van der Waals surface area contributed by atoms with Crippen molar-refractivity contribution in [3.05, 3.63) is 35.9 Å². The summed E-state index contributed by atoms with van der Waals surface area (Å²) in [6.45, 7) is 5.51. The van der Waals surface area contributed by atoms with E-state index in [1.54, 1.807) is 0 Å². The average Bonchev–Trinajstić information content (AvgIpc) is 2.66. The van der Waals surface area contributed by atoms with E-state index >= 15 is 0 Å². The molecule has 1 unspecified atom stereocenters. The standard InChI is InChI=1S/C16H26N2O2S/c1-2-9-17-14-16(15-7-4-3-5-8-15)18-10-6-12-21(19,20)13-11-18/h3-5,7-8,16-17H,2,6,9-14H2,1H3. The van der Waals surface area contributed by atoms with E-state index in [2.05, 4.69) is 41.4 Å². The van der Waals surface area contributed by atoms with E-state index in [4.69, 9.17) is 0 Å². The molecule has 1 heterocycles. The molecular formula is C16H26N2O2S. The van der Waals surface area contributed by atoms with Gasteiger partial charge in [-0.25, -0.2) is 8.42 Å². The number of rotatable bonds is 6. The fraction of sp³-hybridized carbons (Fsp3) is 0.625. The molecule has 0 bridgehead atoms. The number of sulfone groups is 1. The Morgan fingerprint density at radius 2 is 1.95 bits per heavy atom. The number of hydrogen-bond acceptors (Lipinski definition) is 4. The second-order valence-electron chi connectivity index (χ2n) is 5.67. The van der Waals surface area contributed by atoms with Gasteiger partial charge in [0.25, 0.3) is 0 Å². The van der Waals surface area contributed by atoms with Crippen molar-refractivity contribution in [3.63, 3.8) is 0 Å². The van der Waals surface area contributed by atoms with Crippen LogP contribution in [0.1, 0.15) is 31.4 Å². The van der Waals surface area contributed by atoms with E-state index in [9.17, 15) is 8.42 Å². The minimum atomic E-state index is -2.86. The van der Waals surface area contributed by atoms with Gasteiger partial charge in [-0.3, -0.25) is 4.90 Å². The van der Waals surface area contributed by atoms with Crippen molar-refractivity contribution < 1.29 is 8.42 Å². The van der Waals surface area contributed by atoms with Gasteiger partial charge in [0, 0.05) is 19.1 Å². The third-order valence-electron chi connectivity index (χ3n) is 3.98. The number of hydrogen-bond donors (Lipinski definition) is 1. The van der Waals surface area contributed by atoms with Gasteiger partial charge in [-0.1, -0.05) is 37.3 Å². The second-order valence-corrected chi connectivity index (χ2v) is 7.98. The molecule has 1 aliphatic rings. The molecule has 1 N–H and O–H groups in total. The van der Waals surface area contributed by atoms with Crippen molar-refractivity contribution in [3.8, 4) is 0 Å². The SMILES string of the molecule is CCCNCC(c1ccccc1)N1CCCS(=O)(=O)CC1. The van der Waals surface area contributed by atoms with Gasteiger partial charge < -0.3 is 5.32 Å². The van der Waals surface area contributed by atoms with Crippen LogP contribution >= 0.6 is 0 Å². The topological polar surface area (TPSA) is 49.4 Å². The Hall–Kier alpha value is -0.910. The van der Waals surface area contributed by atoms with Gasteiger partial charge in [-0.05, 0) is 31.5 Å². The molecule has 1 aromatic rings. The molecule has 1 aliphatic heterocycles.